The molecule has 0 bridgehead atoms. The second-order valence-corrected chi connectivity index (χ2v) is 30.2. The van der Waals surface area contributed by atoms with Crippen LogP contribution >= 0.6 is 21.6 Å². The zero-order chi connectivity index (χ0) is 81.5. The zero-order valence-electron chi connectivity index (χ0n) is 62.5. The summed E-state index contributed by atoms with van der Waals surface area (Å²) in [6, 6.07) is -12.5. The lowest BCUT2D eigenvalue weighted by atomic mass is 9.84. The lowest BCUT2D eigenvalue weighted by molar-refractivity contribution is -0.141. The van der Waals surface area contributed by atoms with Gasteiger partial charge in [-0.1, -0.05) is 106 Å². The fourth-order valence-corrected chi connectivity index (χ4v) is 14.4. The molecule has 14 atom stereocenters. The minimum absolute atomic E-state index is 0.00883. The maximum Gasteiger partial charge on any atom is 0.305 e. The van der Waals surface area contributed by atoms with Crippen LogP contribution < -0.4 is 92.1 Å². The monoisotopic (exact) mass is 1580 g/mol. The molecule has 39 nitrogen and oxygen atoms in total. The van der Waals surface area contributed by atoms with Gasteiger partial charge in [-0.05, 0) is 68.9 Å². The van der Waals surface area contributed by atoms with E-state index in [2.05, 4.69) is 89.1 Å². The van der Waals surface area contributed by atoms with E-state index in [-0.39, 0.29) is 56.2 Å². The van der Waals surface area contributed by atoms with Crippen molar-refractivity contribution in [3.05, 3.63) is 54.2 Å². The number of aromatic amines is 2. The van der Waals surface area contributed by atoms with E-state index in [0.717, 1.165) is 47.8 Å². The molecule has 2 fully saturated rings. The van der Waals surface area contributed by atoms with Crippen LogP contribution in [0, 0.1) is 17.8 Å². The van der Waals surface area contributed by atoms with Gasteiger partial charge in [0, 0.05) is 73.2 Å². The number of aliphatic hydroxyl groups excluding tert-OH is 1. The number of guanidine groups is 1. The van der Waals surface area contributed by atoms with Crippen molar-refractivity contribution in [3.8, 4) is 0 Å². The van der Waals surface area contributed by atoms with Crippen LogP contribution in [0.2, 0.25) is 0 Å². The molecule has 1 aliphatic heterocycles. The molecule has 110 heavy (non-hydrogen) atoms. The van der Waals surface area contributed by atoms with E-state index in [4.69, 9.17) is 22.9 Å². The largest absolute Gasteiger partial charge is 0.481 e. The average molecular weight is 1580 g/mol. The van der Waals surface area contributed by atoms with Crippen molar-refractivity contribution in [3.63, 3.8) is 0 Å². The third kappa shape index (κ3) is 29.8. The Kier molecular flexibility index (Phi) is 36.7. The van der Waals surface area contributed by atoms with Gasteiger partial charge in [0.25, 0.3) is 0 Å². The van der Waals surface area contributed by atoms with Gasteiger partial charge >= 0.3 is 5.97 Å². The maximum atomic E-state index is 14.9. The van der Waals surface area contributed by atoms with Gasteiger partial charge in [-0.2, -0.15) is 0 Å². The Labute approximate surface area is 642 Å². The number of rotatable bonds is 25. The molecule has 0 unspecified atom stereocenters. The highest BCUT2D eigenvalue weighted by Gasteiger charge is 2.39. The van der Waals surface area contributed by atoms with Crippen molar-refractivity contribution >= 4 is 133 Å². The zero-order valence-corrected chi connectivity index (χ0v) is 64.1. The summed E-state index contributed by atoms with van der Waals surface area (Å²) in [6.45, 7) is 9.17. The molecule has 5 rings (SSSR count). The number of carboxylic acids is 1. The van der Waals surface area contributed by atoms with E-state index in [0.29, 0.717) is 35.7 Å². The number of H-pyrrole nitrogens is 2. The number of benzene rings is 1. The lowest BCUT2D eigenvalue weighted by Gasteiger charge is -2.31. The number of aliphatic carboxylic acids is 1. The van der Waals surface area contributed by atoms with Gasteiger partial charge in [-0.3, -0.25) is 81.7 Å². The average Bonchev–Trinajstić information content (AvgIpc) is 1.64. The van der Waals surface area contributed by atoms with Gasteiger partial charge in [-0.25, -0.2) is 4.98 Å². The van der Waals surface area contributed by atoms with Crippen molar-refractivity contribution in [2.24, 2.45) is 45.7 Å². The number of carboxylic acid groups (broad SMARTS) is 1. The van der Waals surface area contributed by atoms with Crippen molar-refractivity contribution < 1.29 is 86.9 Å². The number of hydrogen-bond donors (Lipinski definition) is 21. The Bertz CT molecular complexity index is 3760. The molecule has 1 saturated heterocycles. The normalized spacial score (nSPS) is 23.9. The highest BCUT2D eigenvalue weighted by molar-refractivity contribution is 8.76. The summed E-state index contributed by atoms with van der Waals surface area (Å²) in [5.74, 6) is -19.4. The highest BCUT2D eigenvalue weighted by atomic mass is 33.1. The molecule has 3 heterocycles. The minimum atomic E-state index is -2.02. The van der Waals surface area contributed by atoms with Crippen LogP contribution in [0.3, 0.4) is 0 Å². The summed E-state index contributed by atoms with van der Waals surface area (Å²) in [5.41, 5.74) is 23.7. The molecule has 1 aromatic carbocycles. The molecule has 3 aromatic rings. The molecule has 0 spiro atoms. The van der Waals surface area contributed by atoms with Gasteiger partial charge in [-0.15, -0.1) is 0 Å². The number of aromatic nitrogens is 3. The Morgan fingerprint density at radius 3 is 1.88 bits per heavy atom. The molecule has 15 amide bonds. The van der Waals surface area contributed by atoms with Crippen molar-refractivity contribution in [2.45, 2.75) is 217 Å². The predicted octanol–water partition coefficient (Wildman–Crippen LogP) is -4.62. The molecule has 41 heteroatoms. The Morgan fingerprint density at radius 1 is 0.664 bits per heavy atom. The predicted molar refractivity (Wildman–Crippen MR) is 404 cm³/mol. The van der Waals surface area contributed by atoms with Crippen LogP contribution in [0.25, 0.3) is 10.9 Å². The van der Waals surface area contributed by atoms with E-state index in [1.807, 2.05) is 0 Å². The van der Waals surface area contributed by atoms with Gasteiger partial charge in [0.05, 0.1) is 25.4 Å². The van der Waals surface area contributed by atoms with Gasteiger partial charge in [0.1, 0.15) is 72.5 Å². The number of fused-ring (bicyclic) bond motifs is 1. The Morgan fingerprint density at radius 2 is 1.26 bits per heavy atom. The number of nitrogens with two attached hydrogens (primary N) is 4. The number of carbonyl (C=O) groups excluding carboxylic acids is 15. The van der Waals surface area contributed by atoms with Crippen LogP contribution in [0.4, 0.5) is 0 Å². The number of carbonyl (C=O) groups is 16. The van der Waals surface area contributed by atoms with E-state index in [9.17, 15) is 86.9 Å². The number of para-hydroxylation sites is 1. The summed E-state index contributed by atoms with van der Waals surface area (Å²) < 4.78 is 0. The first-order valence-electron chi connectivity index (χ1n) is 36.2. The topological polar surface area (TPSA) is 631 Å². The first-order chi connectivity index (χ1) is 52.0. The fourth-order valence-electron chi connectivity index (χ4n) is 12.1. The molecular formula is C69H105N21O18S2. The SMILES string of the molecule is CC[C@H](C)[C@H](NC(C)=O)C(=O)N[C@H]1CSSC[C@@H](C(=O)N[C@H](C(N)=O)[C@@H](C)O)NC(=O)[C@H](CCCN=C(N)N)NC(=O)[C@H](Cc2cnc[nH]2)NC(=O)[C@H](C)NC(=O)CNC(=O)[C@H](Cc2c[nH]c3ccccc23)NC(=O)[C@H](CC(=O)O)NC(=O)[C@H](CCC(N)=O)NC(=O)[C@H](CC2CCCCC2)NC(=O)[C@H](C(C)C)NC1=O. The second-order valence-electron chi connectivity index (χ2n) is 27.6. The fraction of sp³-hybridized carbons (Fsp3) is 0.594. The molecule has 606 valence electrons. The second kappa shape index (κ2) is 44.8. The summed E-state index contributed by atoms with van der Waals surface area (Å²) >= 11 is 0. The number of aliphatic hydroxyl groups is 1. The third-order valence-corrected chi connectivity index (χ3v) is 20.8. The molecule has 2 aliphatic rings. The lowest BCUT2D eigenvalue weighted by Crippen LogP contribution is -2.61. The van der Waals surface area contributed by atoms with Crippen LogP contribution in [0.5, 0.6) is 0 Å². The van der Waals surface area contributed by atoms with Gasteiger partial charge in [0.15, 0.2) is 5.96 Å². The first kappa shape index (κ1) is 90.0. The first-order valence-corrected chi connectivity index (χ1v) is 38.7. The molecule has 0 radical (unpaired) electrons. The van der Waals surface area contributed by atoms with Crippen LogP contribution in [0.1, 0.15) is 137 Å². The van der Waals surface area contributed by atoms with Crippen LogP contribution in [-0.2, 0) is 89.6 Å². The molecule has 25 N–H and O–H groups in total. The molecule has 1 aliphatic carbocycles. The number of hydrogen-bond acceptors (Lipinski definition) is 21. The minimum Gasteiger partial charge on any atom is -0.481 e. The van der Waals surface area contributed by atoms with Crippen molar-refractivity contribution in [2.75, 3.05) is 24.6 Å². The quantitative estimate of drug-likeness (QED) is 0.0164. The number of amides is 15. The number of primary amides is 2. The number of aliphatic imine (C=N–C) groups is 1. The van der Waals surface area contributed by atoms with Crippen molar-refractivity contribution in [1.82, 2.24) is 84.1 Å². The number of imidazole rings is 1. The van der Waals surface area contributed by atoms with E-state index < -0.39 is 222 Å². The Balaban J connectivity index is 1.65. The summed E-state index contributed by atoms with van der Waals surface area (Å²) in [5, 5.41) is 54.2. The smallest absolute Gasteiger partial charge is 0.305 e. The third-order valence-electron chi connectivity index (χ3n) is 18.4. The standard InChI is InChI=1S/C69H105N21O18S2/c1-8-34(4)55(80-37(7)92)68(108)88-50-31-110-109-30-49(66(106)90-56(36(6)91)57(71)97)87-60(100)43(19-14-22-75-69(72)73)81-63(103)47(25-40-28-74-32-78-40)83-58(98)35(5)79-52(94)29-77-59(99)46(24-39-27-76-42-18-13-12-17-41(39)42)84-64(104)48(26-53(95)96)85-61(101)44(20-21-51(70)93)82-62(102)45(23-38-15-10-9-11-16-38)86-67(107)54(33(2)3)89-65(50)105/h12-13,17-18,27-28,32-36,38,43-50,54-56,76,91H,8-11,14-16,19-26,29-31H2,1-7H3,(H2,70,93)(H2,71,97)(H,74,78)(H,77,99)(H,79,94)(H,80,92)(H,81,103)(H,82,102)(H,83,98)(H,84,104)(H,85,101)(H,86,107)(H,87,100)(H,88,108)(H,89,105)(H,90,106)(H,95,96)(H4,72,73,75)/t34-,35-,36+,43-,44-,45-,46-,47-,48-,49-,50-,54-,55-,56-/m0/s1. The summed E-state index contributed by atoms with van der Waals surface area (Å²) in [7, 11) is 1.68. The number of nitrogens with zero attached hydrogens (tertiary/aromatic N) is 2. The molecular weight excluding hydrogens is 1480 g/mol. The van der Waals surface area contributed by atoms with E-state index >= 15 is 0 Å². The van der Waals surface area contributed by atoms with E-state index in [1.165, 1.54) is 26.4 Å². The van der Waals surface area contributed by atoms with Crippen molar-refractivity contribution in [1.29, 1.82) is 0 Å². The molecule has 2 aromatic heterocycles. The highest BCUT2D eigenvalue weighted by Crippen LogP contribution is 2.29. The summed E-state index contributed by atoms with van der Waals surface area (Å²) in [4.78, 5) is 238. The Hall–Kier alpha value is -10.6. The van der Waals surface area contributed by atoms with Gasteiger partial charge < -0.3 is 112 Å². The molecule has 1 saturated carbocycles. The van der Waals surface area contributed by atoms with E-state index in [1.54, 1.807) is 58.2 Å². The number of nitrogens with one attached hydrogen (secondary N) is 15. The van der Waals surface area contributed by atoms with Crippen LogP contribution in [0.15, 0.2) is 48.0 Å². The van der Waals surface area contributed by atoms with Gasteiger partial charge in [0.2, 0.25) is 88.6 Å². The summed E-state index contributed by atoms with van der Waals surface area (Å²) in [6.07, 6.45) is 3.39. The maximum absolute atomic E-state index is 14.9. The van der Waals surface area contributed by atoms with Crippen LogP contribution in [-0.4, -0.2) is 229 Å².